The Bertz CT molecular complexity index is 2810. The largest absolute Gasteiger partial charge is 0.457 e. The molecule has 9 aromatic carbocycles. The van der Waals surface area contributed by atoms with Crippen molar-refractivity contribution < 1.29 is 4.74 Å². The van der Waals surface area contributed by atoms with Crippen LogP contribution in [0.1, 0.15) is 22.3 Å². The molecule has 3 heteroatoms. The van der Waals surface area contributed by atoms with Crippen LogP contribution in [0.4, 0.5) is 34.1 Å². The zero-order valence-corrected chi connectivity index (χ0v) is 30.6. The third-order valence-electron chi connectivity index (χ3n) is 11.4. The van der Waals surface area contributed by atoms with Gasteiger partial charge >= 0.3 is 0 Å². The van der Waals surface area contributed by atoms with E-state index < -0.39 is 5.41 Å². The van der Waals surface area contributed by atoms with Gasteiger partial charge < -0.3 is 14.5 Å². The van der Waals surface area contributed by atoms with Crippen molar-refractivity contribution in [2.24, 2.45) is 0 Å². The van der Waals surface area contributed by atoms with Gasteiger partial charge in [0.25, 0.3) is 0 Å². The molecule has 9 aromatic rings. The lowest BCUT2D eigenvalue weighted by atomic mass is 9.65. The fourth-order valence-electron chi connectivity index (χ4n) is 9.09. The smallest absolute Gasteiger partial charge is 0.132 e. The van der Waals surface area contributed by atoms with Gasteiger partial charge in [-0.05, 0) is 124 Å². The van der Waals surface area contributed by atoms with Gasteiger partial charge in [0.1, 0.15) is 11.5 Å². The first-order valence-corrected chi connectivity index (χ1v) is 19.2. The molecule has 0 fully saturated rings. The number of rotatable bonds is 6. The van der Waals surface area contributed by atoms with Gasteiger partial charge in [0, 0.05) is 45.3 Å². The SMILES string of the molecule is c1ccc(N(c2ccccc2)c2ccc3c(c2)-c2ccc(N(c4ccccc4)c4ccccc4)cc2C32c3ccccc3Oc3cc4ccccc4cc32)cc1. The lowest BCUT2D eigenvalue weighted by molar-refractivity contribution is 0.437. The van der Waals surface area contributed by atoms with Crippen LogP contribution in [0.3, 0.4) is 0 Å². The summed E-state index contributed by atoms with van der Waals surface area (Å²) in [6.45, 7) is 0. The number of nitrogens with zero attached hydrogens (tertiary/aromatic N) is 2. The van der Waals surface area contributed by atoms with Gasteiger partial charge in [-0.25, -0.2) is 0 Å². The van der Waals surface area contributed by atoms with Crippen LogP contribution >= 0.6 is 0 Å². The Morgan fingerprint density at radius 3 is 1.36 bits per heavy atom. The van der Waals surface area contributed by atoms with Gasteiger partial charge in [0.15, 0.2) is 0 Å². The predicted octanol–water partition coefficient (Wildman–Crippen LogP) is 14.2. The van der Waals surface area contributed by atoms with Gasteiger partial charge in [0.05, 0.1) is 5.41 Å². The van der Waals surface area contributed by atoms with E-state index in [0.717, 1.165) is 62.1 Å². The Morgan fingerprint density at radius 1 is 0.286 bits per heavy atom. The predicted molar refractivity (Wildman–Crippen MR) is 231 cm³/mol. The van der Waals surface area contributed by atoms with Crippen LogP contribution in [0.25, 0.3) is 21.9 Å². The fourth-order valence-corrected chi connectivity index (χ4v) is 9.09. The Morgan fingerprint density at radius 2 is 0.768 bits per heavy atom. The summed E-state index contributed by atoms with van der Waals surface area (Å²) in [6, 6.07) is 78.6. The van der Waals surface area contributed by atoms with Crippen LogP contribution in [0.15, 0.2) is 218 Å². The van der Waals surface area contributed by atoms with Crippen molar-refractivity contribution in [3.8, 4) is 22.6 Å². The maximum atomic E-state index is 6.88. The fraction of sp³-hybridized carbons (Fsp3) is 0.0189. The molecule has 2 aliphatic rings. The summed E-state index contributed by atoms with van der Waals surface area (Å²) in [5.41, 5.74) is 13.1. The molecule has 264 valence electrons. The van der Waals surface area contributed by atoms with Gasteiger partial charge in [0.2, 0.25) is 0 Å². The molecular weight excluding hydrogens is 681 g/mol. The van der Waals surface area contributed by atoms with E-state index in [0.29, 0.717) is 0 Å². The number of para-hydroxylation sites is 5. The molecule has 0 aromatic heterocycles. The van der Waals surface area contributed by atoms with E-state index in [-0.39, 0.29) is 0 Å². The molecule has 0 saturated carbocycles. The van der Waals surface area contributed by atoms with Gasteiger partial charge in [-0.15, -0.1) is 0 Å². The molecule has 1 heterocycles. The zero-order chi connectivity index (χ0) is 37.1. The van der Waals surface area contributed by atoms with Crippen LogP contribution in [0.2, 0.25) is 0 Å². The highest BCUT2D eigenvalue weighted by Gasteiger charge is 2.51. The highest BCUT2D eigenvalue weighted by molar-refractivity contribution is 5.96. The number of benzene rings is 9. The summed E-state index contributed by atoms with van der Waals surface area (Å²) >= 11 is 0. The number of hydrogen-bond acceptors (Lipinski definition) is 3. The summed E-state index contributed by atoms with van der Waals surface area (Å²) in [6.07, 6.45) is 0. The lowest BCUT2D eigenvalue weighted by Gasteiger charge is -2.40. The molecule has 0 bridgehead atoms. The first-order valence-electron chi connectivity index (χ1n) is 19.2. The van der Waals surface area contributed by atoms with Crippen molar-refractivity contribution in [1.29, 1.82) is 0 Å². The van der Waals surface area contributed by atoms with Crippen molar-refractivity contribution in [1.82, 2.24) is 0 Å². The molecule has 3 nitrogen and oxygen atoms in total. The minimum absolute atomic E-state index is 0.656. The molecule has 1 unspecified atom stereocenters. The summed E-state index contributed by atoms with van der Waals surface area (Å²) in [4.78, 5) is 4.71. The van der Waals surface area contributed by atoms with E-state index in [1.165, 1.54) is 27.6 Å². The zero-order valence-electron chi connectivity index (χ0n) is 30.6. The summed E-state index contributed by atoms with van der Waals surface area (Å²) in [5, 5.41) is 2.34. The average molecular weight is 717 g/mol. The number of anilines is 6. The normalized spacial score (nSPS) is 14.6. The van der Waals surface area contributed by atoms with Crippen LogP contribution in [-0.2, 0) is 5.41 Å². The van der Waals surface area contributed by atoms with Crippen molar-refractivity contribution >= 4 is 44.9 Å². The maximum Gasteiger partial charge on any atom is 0.132 e. The monoisotopic (exact) mass is 716 g/mol. The molecule has 1 atom stereocenters. The van der Waals surface area contributed by atoms with E-state index in [4.69, 9.17) is 4.74 Å². The van der Waals surface area contributed by atoms with Gasteiger partial charge in [-0.3, -0.25) is 0 Å². The Balaban J connectivity index is 1.23. The molecule has 1 aliphatic heterocycles. The standard InChI is InChI=1S/C53H36N2O/c1-5-19-39(20-6-1)54(40-21-7-2-8-22-40)43-30-32-47-46(35-43)45-31-29-44(55(41-23-9-3-10-24-41)42-25-11-4-12-26-42)36-49(45)53(47)48-27-15-16-28-51(48)56-52-34-38-18-14-13-17-37(38)33-50(52)53/h1-36H. The Labute approximate surface area is 326 Å². The maximum absolute atomic E-state index is 6.88. The van der Waals surface area contributed by atoms with Crippen LogP contribution < -0.4 is 14.5 Å². The second kappa shape index (κ2) is 12.9. The molecule has 1 spiro atoms. The molecule has 56 heavy (non-hydrogen) atoms. The first-order chi connectivity index (χ1) is 27.8. The highest BCUT2D eigenvalue weighted by Crippen LogP contribution is 2.63. The minimum atomic E-state index is -0.656. The quantitative estimate of drug-likeness (QED) is 0.170. The molecule has 0 saturated heterocycles. The number of fused-ring (bicyclic) bond motifs is 10. The topological polar surface area (TPSA) is 15.7 Å². The van der Waals surface area contributed by atoms with E-state index in [1.54, 1.807) is 0 Å². The Kier molecular flexibility index (Phi) is 7.39. The Hall–Kier alpha value is -7.36. The second-order valence-corrected chi connectivity index (χ2v) is 14.5. The van der Waals surface area contributed by atoms with Gasteiger partial charge in [-0.1, -0.05) is 127 Å². The number of hydrogen-bond donors (Lipinski definition) is 0. The summed E-state index contributed by atoms with van der Waals surface area (Å²) in [5.74, 6) is 1.76. The van der Waals surface area contributed by atoms with E-state index in [1.807, 2.05) is 0 Å². The van der Waals surface area contributed by atoms with Crippen molar-refractivity contribution in [3.05, 3.63) is 241 Å². The van der Waals surface area contributed by atoms with E-state index in [9.17, 15) is 0 Å². The second-order valence-electron chi connectivity index (χ2n) is 14.5. The van der Waals surface area contributed by atoms with Crippen molar-refractivity contribution in [2.45, 2.75) is 5.41 Å². The lowest BCUT2D eigenvalue weighted by Crippen LogP contribution is -2.32. The van der Waals surface area contributed by atoms with Crippen LogP contribution in [0, 0.1) is 0 Å². The highest BCUT2D eigenvalue weighted by atomic mass is 16.5. The molecule has 0 amide bonds. The van der Waals surface area contributed by atoms with Crippen LogP contribution in [0.5, 0.6) is 11.5 Å². The summed E-state index contributed by atoms with van der Waals surface area (Å²) in [7, 11) is 0. The molecule has 0 N–H and O–H groups in total. The van der Waals surface area contributed by atoms with Gasteiger partial charge in [-0.2, -0.15) is 0 Å². The molecule has 1 aliphatic carbocycles. The van der Waals surface area contributed by atoms with Crippen LogP contribution in [-0.4, -0.2) is 0 Å². The summed E-state index contributed by atoms with van der Waals surface area (Å²) < 4.78 is 6.88. The molecule has 11 rings (SSSR count). The minimum Gasteiger partial charge on any atom is -0.457 e. The first kappa shape index (κ1) is 32.1. The number of ether oxygens (including phenoxy) is 1. The average Bonchev–Trinajstić information content (AvgIpc) is 3.54. The van der Waals surface area contributed by atoms with E-state index in [2.05, 4.69) is 228 Å². The molecule has 0 radical (unpaired) electrons. The van der Waals surface area contributed by atoms with E-state index >= 15 is 0 Å². The molecular formula is C53H36N2O. The van der Waals surface area contributed by atoms with Crippen molar-refractivity contribution in [3.63, 3.8) is 0 Å². The third kappa shape index (κ3) is 4.91. The van der Waals surface area contributed by atoms with Crippen molar-refractivity contribution in [2.75, 3.05) is 9.80 Å². The third-order valence-corrected chi connectivity index (χ3v) is 11.4.